The second-order valence-corrected chi connectivity index (χ2v) is 5.09. The van der Waals surface area contributed by atoms with Gasteiger partial charge in [0.1, 0.15) is 0 Å². The SMILES string of the molecule is CCCCC(N)C(=O)NCC(C)N1CCCC1. The Morgan fingerprint density at radius 3 is 2.65 bits per heavy atom. The summed E-state index contributed by atoms with van der Waals surface area (Å²) in [5.74, 6) is 0.00416. The van der Waals surface area contributed by atoms with Crippen LogP contribution < -0.4 is 11.1 Å². The summed E-state index contributed by atoms with van der Waals surface area (Å²) in [6.45, 7) is 7.33. The monoisotopic (exact) mass is 241 g/mol. The van der Waals surface area contributed by atoms with E-state index in [0.717, 1.165) is 25.8 Å². The van der Waals surface area contributed by atoms with Crippen LogP contribution in [0.25, 0.3) is 0 Å². The molecule has 1 rings (SSSR count). The molecular formula is C13H27N3O. The Bertz CT molecular complexity index is 227. The fraction of sp³-hybridized carbons (Fsp3) is 0.923. The van der Waals surface area contributed by atoms with Crippen LogP contribution in [0.2, 0.25) is 0 Å². The fourth-order valence-corrected chi connectivity index (χ4v) is 2.25. The number of hydrogen-bond donors (Lipinski definition) is 2. The molecule has 1 amide bonds. The number of nitrogens with zero attached hydrogens (tertiary/aromatic N) is 1. The van der Waals surface area contributed by atoms with Crippen molar-refractivity contribution in [2.75, 3.05) is 19.6 Å². The zero-order chi connectivity index (χ0) is 12.7. The van der Waals surface area contributed by atoms with E-state index in [-0.39, 0.29) is 11.9 Å². The first kappa shape index (κ1) is 14.5. The van der Waals surface area contributed by atoms with Gasteiger partial charge in [-0.3, -0.25) is 9.69 Å². The number of carbonyl (C=O) groups is 1. The van der Waals surface area contributed by atoms with Crippen LogP contribution in [0.4, 0.5) is 0 Å². The number of nitrogens with one attached hydrogen (secondary N) is 1. The van der Waals surface area contributed by atoms with Gasteiger partial charge in [0.25, 0.3) is 0 Å². The van der Waals surface area contributed by atoms with Crippen LogP contribution in [0.1, 0.15) is 46.0 Å². The van der Waals surface area contributed by atoms with E-state index >= 15 is 0 Å². The molecule has 2 atom stereocenters. The largest absolute Gasteiger partial charge is 0.353 e. The number of amides is 1. The number of unbranched alkanes of at least 4 members (excludes halogenated alkanes) is 1. The second kappa shape index (κ2) is 7.67. The summed E-state index contributed by atoms with van der Waals surface area (Å²) in [6.07, 6.45) is 5.48. The maximum absolute atomic E-state index is 11.7. The second-order valence-electron chi connectivity index (χ2n) is 5.09. The summed E-state index contributed by atoms with van der Waals surface area (Å²) in [5.41, 5.74) is 5.82. The first-order valence-corrected chi connectivity index (χ1v) is 6.92. The molecule has 2 unspecified atom stereocenters. The lowest BCUT2D eigenvalue weighted by Gasteiger charge is -2.24. The maximum atomic E-state index is 11.7. The van der Waals surface area contributed by atoms with Gasteiger partial charge in [-0.25, -0.2) is 0 Å². The van der Waals surface area contributed by atoms with Crippen molar-refractivity contribution < 1.29 is 4.79 Å². The molecule has 0 aliphatic carbocycles. The van der Waals surface area contributed by atoms with E-state index < -0.39 is 0 Å². The smallest absolute Gasteiger partial charge is 0.236 e. The third kappa shape index (κ3) is 5.04. The molecule has 0 aromatic rings. The zero-order valence-electron chi connectivity index (χ0n) is 11.2. The summed E-state index contributed by atoms with van der Waals surface area (Å²) in [6, 6.07) is 0.0977. The van der Waals surface area contributed by atoms with Crippen molar-refractivity contribution in [3.05, 3.63) is 0 Å². The summed E-state index contributed by atoms with van der Waals surface area (Å²) in [4.78, 5) is 14.1. The van der Waals surface area contributed by atoms with E-state index in [0.29, 0.717) is 6.04 Å². The third-order valence-corrected chi connectivity index (χ3v) is 3.54. The van der Waals surface area contributed by atoms with Crippen molar-refractivity contribution in [2.24, 2.45) is 5.73 Å². The fourth-order valence-electron chi connectivity index (χ4n) is 2.25. The minimum atomic E-state index is -0.333. The molecule has 1 fully saturated rings. The van der Waals surface area contributed by atoms with Gasteiger partial charge in [-0.15, -0.1) is 0 Å². The van der Waals surface area contributed by atoms with E-state index in [9.17, 15) is 4.79 Å². The molecule has 0 aromatic heterocycles. The molecule has 3 N–H and O–H groups in total. The molecule has 0 radical (unpaired) electrons. The topological polar surface area (TPSA) is 58.4 Å². The number of rotatable bonds is 7. The molecule has 0 aromatic carbocycles. The van der Waals surface area contributed by atoms with Gasteiger partial charge in [-0.05, 0) is 39.3 Å². The van der Waals surface area contributed by atoms with Crippen LogP contribution in [-0.4, -0.2) is 42.5 Å². The lowest BCUT2D eigenvalue weighted by Crippen LogP contribution is -2.46. The molecule has 0 spiro atoms. The first-order valence-electron chi connectivity index (χ1n) is 6.92. The molecule has 100 valence electrons. The van der Waals surface area contributed by atoms with E-state index in [1.807, 2.05) is 0 Å². The highest BCUT2D eigenvalue weighted by molar-refractivity contribution is 5.81. The third-order valence-electron chi connectivity index (χ3n) is 3.54. The quantitative estimate of drug-likeness (QED) is 0.702. The molecule has 17 heavy (non-hydrogen) atoms. The Kier molecular flexibility index (Phi) is 6.52. The summed E-state index contributed by atoms with van der Waals surface area (Å²) in [5, 5.41) is 2.96. The van der Waals surface area contributed by atoms with Gasteiger partial charge in [0.05, 0.1) is 6.04 Å². The molecule has 4 heteroatoms. The van der Waals surface area contributed by atoms with Crippen LogP contribution in [-0.2, 0) is 4.79 Å². The summed E-state index contributed by atoms with van der Waals surface area (Å²) >= 11 is 0. The van der Waals surface area contributed by atoms with Gasteiger partial charge in [0.2, 0.25) is 5.91 Å². The van der Waals surface area contributed by atoms with Gasteiger partial charge in [0.15, 0.2) is 0 Å². The predicted molar refractivity (Wildman–Crippen MR) is 70.8 cm³/mol. The van der Waals surface area contributed by atoms with Crippen LogP contribution in [0.15, 0.2) is 0 Å². The van der Waals surface area contributed by atoms with Crippen molar-refractivity contribution in [2.45, 2.75) is 58.0 Å². The lowest BCUT2D eigenvalue weighted by molar-refractivity contribution is -0.122. The molecule has 1 saturated heterocycles. The molecule has 4 nitrogen and oxygen atoms in total. The van der Waals surface area contributed by atoms with Crippen molar-refractivity contribution in [3.8, 4) is 0 Å². The first-order chi connectivity index (χ1) is 8.15. The lowest BCUT2D eigenvalue weighted by atomic mass is 10.1. The number of likely N-dealkylation sites (tertiary alicyclic amines) is 1. The van der Waals surface area contributed by atoms with Crippen molar-refractivity contribution in [1.29, 1.82) is 0 Å². The van der Waals surface area contributed by atoms with Gasteiger partial charge in [-0.2, -0.15) is 0 Å². The van der Waals surface area contributed by atoms with Crippen molar-refractivity contribution in [1.82, 2.24) is 10.2 Å². The van der Waals surface area contributed by atoms with Crippen LogP contribution in [0.5, 0.6) is 0 Å². The highest BCUT2D eigenvalue weighted by Crippen LogP contribution is 2.10. The Labute approximate surface area is 105 Å². The Balaban J connectivity index is 2.17. The maximum Gasteiger partial charge on any atom is 0.236 e. The van der Waals surface area contributed by atoms with Crippen molar-refractivity contribution in [3.63, 3.8) is 0 Å². The average molecular weight is 241 g/mol. The number of carbonyl (C=O) groups excluding carboxylic acids is 1. The number of hydrogen-bond acceptors (Lipinski definition) is 3. The summed E-state index contributed by atoms with van der Waals surface area (Å²) in [7, 11) is 0. The molecule has 1 aliphatic heterocycles. The molecular weight excluding hydrogens is 214 g/mol. The Hall–Kier alpha value is -0.610. The van der Waals surface area contributed by atoms with Crippen LogP contribution in [0, 0.1) is 0 Å². The van der Waals surface area contributed by atoms with E-state index in [4.69, 9.17) is 5.73 Å². The van der Waals surface area contributed by atoms with Gasteiger partial charge < -0.3 is 11.1 Å². The average Bonchev–Trinajstić information content (AvgIpc) is 2.86. The molecule has 0 bridgehead atoms. The Morgan fingerprint density at radius 2 is 2.06 bits per heavy atom. The number of nitrogens with two attached hydrogens (primary N) is 1. The van der Waals surface area contributed by atoms with Gasteiger partial charge in [0, 0.05) is 12.6 Å². The standard InChI is InChI=1S/C13H27N3O/c1-3-4-7-12(14)13(17)15-10-11(2)16-8-5-6-9-16/h11-12H,3-10,14H2,1-2H3,(H,15,17). The minimum absolute atomic E-state index is 0.00416. The minimum Gasteiger partial charge on any atom is -0.353 e. The van der Waals surface area contributed by atoms with Crippen molar-refractivity contribution >= 4 is 5.91 Å². The molecule has 1 heterocycles. The normalized spacial score (nSPS) is 20.2. The van der Waals surface area contributed by atoms with Gasteiger partial charge in [-0.1, -0.05) is 19.8 Å². The highest BCUT2D eigenvalue weighted by Gasteiger charge is 2.19. The van der Waals surface area contributed by atoms with Crippen LogP contribution >= 0.6 is 0 Å². The highest BCUT2D eigenvalue weighted by atomic mass is 16.2. The molecule has 1 aliphatic rings. The van der Waals surface area contributed by atoms with E-state index in [2.05, 4.69) is 24.1 Å². The Morgan fingerprint density at radius 1 is 1.41 bits per heavy atom. The van der Waals surface area contributed by atoms with E-state index in [1.165, 1.54) is 25.9 Å². The van der Waals surface area contributed by atoms with Crippen LogP contribution in [0.3, 0.4) is 0 Å². The predicted octanol–water partition coefficient (Wildman–Crippen LogP) is 1.10. The van der Waals surface area contributed by atoms with E-state index in [1.54, 1.807) is 0 Å². The zero-order valence-corrected chi connectivity index (χ0v) is 11.2. The molecule has 0 saturated carbocycles. The van der Waals surface area contributed by atoms with Gasteiger partial charge >= 0.3 is 0 Å². The summed E-state index contributed by atoms with van der Waals surface area (Å²) < 4.78 is 0.